The van der Waals surface area contributed by atoms with Crippen LogP contribution in [0.1, 0.15) is 23.1 Å². The SMILES string of the molecule is Cc1ncnn1CC(=O)N1CCN(c2sc(C(F)(F)F)nc2-c2cnc(C(F)(F)F)nc2)C[C@H]1CCO. The molecule has 3 aromatic heterocycles. The van der Waals surface area contributed by atoms with E-state index in [0.29, 0.717) is 17.2 Å². The van der Waals surface area contributed by atoms with E-state index in [9.17, 15) is 36.2 Å². The standard InChI is InChI=1S/C20H20F6N8O2S/c1-11-29-10-30-34(11)9-14(36)33-4-3-32(8-13(33)2-5-35)16-15(31-18(37-16)20(24,25)26)12-6-27-17(28-7-12)19(21,22)23/h6-7,10,13,35H,2-5,8-9H2,1H3/t13-/m1/s1. The van der Waals surface area contributed by atoms with Gasteiger partial charge < -0.3 is 14.9 Å². The molecule has 1 amide bonds. The Balaban J connectivity index is 1.62. The minimum atomic E-state index is -4.81. The summed E-state index contributed by atoms with van der Waals surface area (Å²) in [5.41, 5.74) is -0.333. The normalized spacial score (nSPS) is 16.9. The minimum Gasteiger partial charge on any atom is -0.396 e. The highest BCUT2D eigenvalue weighted by atomic mass is 32.1. The number of carbonyl (C=O) groups is 1. The molecule has 0 spiro atoms. The fraction of sp³-hybridized carbons (Fsp3) is 0.500. The fourth-order valence-electron chi connectivity index (χ4n) is 3.89. The average Bonchev–Trinajstić information content (AvgIpc) is 3.45. The third kappa shape index (κ3) is 5.82. The molecule has 0 unspecified atom stereocenters. The smallest absolute Gasteiger partial charge is 0.396 e. The number of rotatable bonds is 6. The van der Waals surface area contributed by atoms with Gasteiger partial charge in [-0.2, -0.15) is 31.4 Å². The topological polar surface area (TPSA) is 113 Å². The van der Waals surface area contributed by atoms with Crippen LogP contribution in [-0.4, -0.2) is 77.9 Å². The predicted octanol–water partition coefficient (Wildman–Crippen LogP) is 2.64. The molecule has 10 nitrogen and oxygen atoms in total. The number of aromatic nitrogens is 6. The second-order valence-corrected chi connectivity index (χ2v) is 9.11. The fourth-order valence-corrected chi connectivity index (χ4v) is 4.88. The number of amides is 1. The molecule has 1 N–H and O–H groups in total. The van der Waals surface area contributed by atoms with E-state index in [1.165, 1.54) is 15.9 Å². The lowest BCUT2D eigenvalue weighted by molar-refractivity contribution is -0.145. The van der Waals surface area contributed by atoms with E-state index in [2.05, 4.69) is 25.0 Å². The number of halogens is 6. The Kier molecular flexibility index (Phi) is 7.36. The second-order valence-electron chi connectivity index (χ2n) is 8.13. The highest BCUT2D eigenvalue weighted by molar-refractivity contribution is 7.16. The van der Waals surface area contributed by atoms with Gasteiger partial charge in [0.2, 0.25) is 16.7 Å². The van der Waals surface area contributed by atoms with Crippen molar-refractivity contribution in [1.82, 2.24) is 34.6 Å². The van der Waals surface area contributed by atoms with Crippen LogP contribution in [0.15, 0.2) is 18.7 Å². The molecule has 200 valence electrons. The molecule has 3 aromatic rings. The van der Waals surface area contributed by atoms with E-state index < -0.39 is 29.2 Å². The summed E-state index contributed by atoms with van der Waals surface area (Å²) in [7, 11) is 0. The highest BCUT2D eigenvalue weighted by Gasteiger charge is 2.39. The molecule has 0 aliphatic carbocycles. The van der Waals surface area contributed by atoms with Crippen molar-refractivity contribution in [2.24, 2.45) is 0 Å². The lowest BCUT2D eigenvalue weighted by Gasteiger charge is -2.42. The number of hydrogen-bond donors (Lipinski definition) is 1. The number of piperazine rings is 1. The Morgan fingerprint density at radius 2 is 1.81 bits per heavy atom. The summed E-state index contributed by atoms with van der Waals surface area (Å²) in [6.07, 6.45) is -6.59. The zero-order chi connectivity index (χ0) is 27.0. The van der Waals surface area contributed by atoms with Crippen LogP contribution in [0.4, 0.5) is 31.3 Å². The maximum absolute atomic E-state index is 13.5. The van der Waals surface area contributed by atoms with Crippen LogP contribution in [-0.2, 0) is 23.7 Å². The van der Waals surface area contributed by atoms with Gasteiger partial charge in [0.15, 0.2) is 0 Å². The Morgan fingerprint density at radius 1 is 1.11 bits per heavy atom. The monoisotopic (exact) mass is 550 g/mol. The molecular weight excluding hydrogens is 530 g/mol. The first kappa shape index (κ1) is 26.7. The summed E-state index contributed by atoms with van der Waals surface area (Å²) in [4.78, 5) is 30.1. The number of aliphatic hydroxyl groups is 1. The van der Waals surface area contributed by atoms with Gasteiger partial charge in [-0.1, -0.05) is 11.3 Å². The van der Waals surface area contributed by atoms with Crippen molar-refractivity contribution in [3.05, 3.63) is 35.4 Å². The quantitative estimate of drug-likeness (QED) is 0.467. The number of aliphatic hydroxyl groups excluding tert-OH is 1. The molecule has 1 saturated heterocycles. The molecular formula is C20H20F6N8O2S. The van der Waals surface area contributed by atoms with Gasteiger partial charge in [-0.15, -0.1) is 0 Å². The third-order valence-corrected chi connectivity index (χ3v) is 6.84. The molecule has 0 saturated carbocycles. The van der Waals surface area contributed by atoms with Crippen LogP contribution in [0.5, 0.6) is 0 Å². The summed E-state index contributed by atoms with van der Waals surface area (Å²) >= 11 is 0.337. The lowest BCUT2D eigenvalue weighted by Crippen LogP contribution is -2.56. The molecule has 1 atom stereocenters. The van der Waals surface area contributed by atoms with Gasteiger partial charge in [-0.05, 0) is 13.3 Å². The summed E-state index contributed by atoms with van der Waals surface area (Å²) in [5, 5.41) is 12.4. The van der Waals surface area contributed by atoms with Gasteiger partial charge in [0, 0.05) is 44.2 Å². The Labute approximate surface area is 209 Å². The van der Waals surface area contributed by atoms with Gasteiger partial charge in [0.05, 0.1) is 6.04 Å². The van der Waals surface area contributed by atoms with Crippen LogP contribution < -0.4 is 4.90 Å². The molecule has 17 heteroatoms. The molecule has 1 aliphatic rings. The largest absolute Gasteiger partial charge is 0.451 e. The number of thiazole rings is 1. The lowest BCUT2D eigenvalue weighted by atomic mass is 10.1. The average molecular weight is 550 g/mol. The summed E-state index contributed by atoms with van der Waals surface area (Å²) in [6, 6.07) is -0.553. The van der Waals surface area contributed by atoms with Gasteiger partial charge in [-0.3, -0.25) is 4.79 Å². The van der Waals surface area contributed by atoms with Crippen LogP contribution in [0.3, 0.4) is 0 Å². The van der Waals surface area contributed by atoms with E-state index in [-0.39, 0.29) is 61.4 Å². The van der Waals surface area contributed by atoms with E-state index in [0.717, 1.165) is 12.4 Å². The van der Waals surface area contributed by atoms with Crippen molar-refractivity contribution in [2.45, 2.75) is 38.3 Å². The van der Waals surface area contributed by atoms with Crippen molar-refractivity contribution in [1.29, 1.82) is 0 Å². The van der Waals surface area contributed by atoms with Gasteiger partial charge in [0.1, 0.15) is 29.4 Å². The van der Waals surface area contributed by atoms with Crippen molar-refractivity contribution in [2.75, 3.05) is 31.1 Å². The second kappa shape index (κ2) is 10.2. The molecule has 0 radical (unpaired) electrons. The summed E-state index contributed by atoms with van der Waals surface area (Å²) in [6.45, 7) is 1.62. The van der Waals surface area contributed by atoms with Crippen LogP contribution >= 0.6 is 11.3 Å². The first-order valence-electron chi connectivity index (χ1n) is 10.9. The molecule has 0 bridgehead atoms. The molecule has 1 fully saturated rings. The number of nitrogens with zero attached hydrogens (tertiary/aromatic N) is 8. The minimum absolute atomic E-state index is 0.0536. The first-order valence-corrected chi connectivity index (χ1v) is 11.7. The number of hydrogen-bond acceptors (Lipinski definition) is 9. The van der Waals surface area contributed by atoms with Crippen molar-refractivity contribution in [3.63, 3.8) is 0 Å². The molecule has 4 rings (SSSR count). The van der Waals surface area contributed by atoms with Gasteiger partial charge in [-0.25, -0.2) is 24.6 Å². The molecule has 37 heavy (non-hydrogen) atoms. The Morgan fingerprint density at radius 3 is 2.38 bits per heavy atom. The van der Waals surface area contributed by atoms with Gasteiger partial charge >= 0.3 is 12.4 Å². The van der Waals surface area contributed by atoms with Crippen molar-refractivity contribution in [3.8, 4) is 11.3 Å². The van der Waals surface area contributed by atoms with Crippen LogP contribution in [0.2, 0.25) is 0 Å². The van der Waals surface area contributed by atoms with E-state index in [1.807, 2.05) is 0 Å². The van der Waals surface area contributed by atoms with Crippen molar-refractivity contribution < 1.29 is 36.2 Å². The van der Waals surface area contributed by atoms with Crippen LogP contribution in [0, 0.1) is 6.92 Å². The van der Waals surface area contributed by atoms with E-state index in [4.69, 9.17) is 0 Å². The maximum atomic E-state index is 13.5. The zero-order valence-electron chi connectivity index (χ0n) is 19.2. The third-order valence-electron chi connectivity index (χ3n) is 5.68. The van der Waals surface area contributed by atoms with Crippen LogP contribution in [0.25, 0.3) is 11.3 Å². The highest BCUT2D eigenvalue weighted by Crippen LogP contribution is 2.43. The first-order chi connectivity index (χ1) is 17.4. The maximum Gasteiger partial charge on any atom is 0.451 e. The number of aryl methyl sites for hydroxylation is 1. The van der Waals surface area contributed by atoms with Crippen molar-refractivity contribution >= 4 is 22.2 Å². The Hall–Kier alpha value is -3.34. The number of carbonyl (C=O) groups excluding carboxylic acids is 1. The molecule has 1 aliphatic heterocycles. The summed E-state index contributed by atoms with van der Waals surface area (Å²) < 4.78 is 80.5. The predicted molar refractivity (Wildman–Crippen MR) is 117 cm³/mol. The number of anilines is 1. The number of alkyl halides is 6. The zero-order valence-corrected chi connectivity index (χ0v) is 20.0. The van der Waals surface area contributed by atoms with E-state index >= 15 is 0 Å². The Bertz CT molecular complexity index is 1240. The van der Waals surface area contributed by atoms with Gasteiger partial charge in [0.25, 0.3) is 0 Å². The van der Waals surface area contributed by atoms with E-state index in [1.54, 1.807) is 11.8 Å². The molecule has 0 aromatic carbocycles. The molecule has 4 heterocycles. The summed E-state index contributed by atoms with van der Waals surface area (Å²) in [5.74, 6) is -1.20.